The van der Waals surface area contributed by atoms with E-state index in [9.17, 15) is 4.79 Å². The monoisotopic (exact) mass is 370 g/mol. The standard InChI is InChI=1S/C16H20BrFN2O2/c1-14(2,3)22-13(21)20-9-8-16(18)10-6-5-7-11(17)12(10)19-15(16,20)4/h5-7,19H,8-9H2,1-4H3/t15-,16+/m0/s1. The average molecular weight is 371 g/mol. The lowest BCUT2D eigenvalue weighted by Gasteiger charge is -2.38. The van der Waals surface area contributed by atoms with Gasteiger partial charge in [-0.05, 0) is 49.7 Å². The number of benzene rings is 1. The maximum atomic E-state index is 15.8. The van der Waals surface area contributed by atoms with E-state index in [2.05, 4.69) is 21.2 Å². The maximum Gasteiger partial charge on any atom is 0.412 e. The van der Waals surface area contributed by atoms with Crippen molar-refractivity contribution < 1.29 is 13.9 Å². The van der Waals surface area contributed by atoms with Crippen LogP contribution in [0.15, 0.2) is 22.7 Å². The summed E-state index contributed by atoms with van der Waals surface area (Å²) >= 11 is 3.45. The van der Waals surface area contributed by atoms with Crippen LogP contribution in [0.2, 0.25) is 0 Å². The zero-order chi connectivity index (χ0) is 16.3. The SMILES string of the molecule is CC(C)(C)OC(=O)N1CC[C@@]2(F)c3cccc(Br)c3N[C@@]12C. The third-order valence-electron chi connectivity index (χ3n) is 4.41. The number of anilines is 1. The molecule has 2 aliphatic heterocycles. The molecule has 1 N–H and O–H groups in total. The minimum Gasteiger partial charge on any atom is -0.444 e. The van der Waals surface area contributed by atoms with Gasteiger partial charge in [0.05, 0.1) is 5.69 Å². The molecule has 1 aromatic rings. The first-order chi connectivity index (χ1) is 10.1. The van der Waals surface area contributed by atoms with Gasteiger partial charge in [-0.15, -0.1) is 0 Å². The Balaban J connectivity index is 1.99. The van der Waals surface area contributed by atoms with Gasteiger partial charge in [-0.25, -0.2) is 9.18 Å². The number of alkyl halides is 1. The number of nitrogens with zero attached hydrogens (tertiary/aromatic N) is 1. The highest BCUT2D eigenvalue weighted by molar-refractivity contribution is 9.10. The van der Waals surface area contributed by atoms with Crippen molar-refractivity contribution in [2.45, 2.75) is 51.0 Å². The van der Waals surface area contributed by atoms with E-state index < -0.39 is 23.0 Å². The van der Waals surface area contributed by atoms with E-state index in [1.807, 2.05) is 12.1 Å². The summed E-state index contributed by atoms with van der Waals surface area (Å²) in [6, 6.07) is 5.45. The largest absolute Gasteiger partial charge is 0.444 e. The summed E-state index contributed by atoms with van der Waals surface area (Å²) in [6.07, 6.45) is -0.245. The fourth-order valence-electron chi connectivity index (χ4n) is 3.33. The van der Waals surface area contributed by atoms with Crippen LogP contribution in [0.1, 0.15) is 39.7 Å². The number of carbonyl (C=O) groups excluding carboxylic acids is 1. The van der Waals surface area contributed by atoms with Crippen molar-refractivity contribution in [3.8, 4) is 0 Å². The maximum absolute atomic E-state index is 15.8. The van der Waals surface area contributed by atoms with Gasteiger partial charge in [0.2, 0.25) is 0 Å². The molecule has 6 heteroatoms. The van der Waals surface area contributed by atoms with Crippen molar-refractivity contribution in [1.82, 2.24) is 4.90 Å². The minimum atomic E-state index is -1.62. The first kappa shape index (κ1) is 15.6. The van der Waals surface area contributed by atoms with E-state index in [4.69, 9.17) is 4.74 Å². The second-order valence-corrected chi connectivity index (χ2v) is 7.90. The number of hydrogen-bond donors (Lipinski definition) is 1. The van der Waals surface area contributed by atoms with Crippen molar-refractivity contribution in [2.75, 3.05) is 11.9 Å². The van der Waals surface area contributed by atoms with Gasteiger partial charge in [0.1, 0.15) is 5.60 Å². The predicted molar refractivity (Wildman–Crippen MR) is 86.5 cm³/mol. The Morgan fingerprint density at radius 3 is 2.77 bits per heavy atom. The first-order valence-electron chi connectivity index (χ1n) is 7.35. The number of hydrogen-bond acceptors (Lipinski definition) is 3. The van der Waals surface area contributed by atoms with E-state index in [-0.39, 0.29) is 6.42 Å². The van der Waals surface area contributed by atoms with Crippen molar-refractivity contribution in [3.05, 3.63) is 28.2 Å². The molecule has 0 aliphatic carbocycles. The Morgan fingerprint density at radius 1 is 1.45 bits per heavy atom. The lowest BCUT2D eigenvalue weighted by molar-refractivity contribution is -0.00605. The summed E-state index contributed by atoms with van der Waals surface area (Å²) < 4.78 is 22.0. The highest BCUT2D eigenvalue weighted by Crippen LogP contribution is 2.57. The number of para-hydroxylation sites is 1. The molecule has 1 saturated heterocycles. The summed E-state index contributed by atoms with van der Waals surface area (Å²) in [5.74, 6) is 0. The molecule has 1 aromatic carbocycles. The summed E-state index contributed by atoms with van der Waals surface area (Å²) in [7, 11) is 0. The van der Waals surface area contributed by atoms with E-state index in [1.54, 1.807) is 33.8 Å². The molecular formula is C16H20BrFN2O2. The van der Waals surface area contributed by atoms with Crippen LogP contribution >= 0.6 is 15.9 Å². The Kier molecular flexibility index (Phi) is 3.26. The van der Waals surface area contributed by atoms with E-state index >= 15 is 4.39 Å². The van der Waals surface area contributed by atoms with Gasteiger partial charge in [0.25, 0.3) is 0 Å². The van der Waals surface area contributed by atoms with Crippen LogP contribution in [0.25, 0.3) is 0 Å². The van der Waals surface area contributed by atoms with Crippen LogP contribution in [0.4, 0.5) is 14.9 Å². The molecule has 2 atom stereocenters. The number of carbonyl (C=O) groups is 1. The molecule has 2 aliphatic rings. The molecule has 0 radical (unpaired) electrons. The van der Waals surface area contributed by atoms with Gasteiger partial charge in [-0.3, -0.25) is 4.90 Å². The second-order valence-electron chi connectivity index (χ2n) is 7.04. The Hall–Kier alpha value is -1.30. The first-order valence-corrected chi connectivity index (χ1v) is 8.14. The quantitative estimate of drug-likeness (QED) is 0.735. The molecule has 22 heavy (non-hydrogen) atoms. The van der Waals surface area contributed by atoms with Crippen molar-refractivity contribution in [2.24, 2.45) is 0 Å². The molecule has 1 amide bonds. The van der Waals surface area contributed by atoms with Crippen molar-refractivity contribution in [3.63, 3.8) is 0 Å². The Bertz CT molecular complexity index is 646. The topological polar surface area (TPSA) is 41.6 Å². The van der Waals surface area contributed by atoms with Crippen LogP contribution < -0.4 is 5.32 Å². The molecule has 0 bridgehead atoms. The van der Waals surface area contributed by atoms with Crippen molar-refractivity contribution in [1.29, 1.82) is 0 Å². The minimum absolute atomic E-state index is 0.249. The van der Waals surface area contributed by atoms with Crippen LogP contribution in [0.3, 0.4) is 0 Å². The summed E-state index contributed by atoms with van der Waals surface area (Å²) in [6.45, 7) is 7.45. The molecule has 0 spiro atoms. The number of rotatable bonds is 0. The zero-order valence-corrected chi connectivity index (χ0v) is 14.8. The summed E-state index contributed by atoms with van der Waals surface area (Å²) in [5.41, 5.74) is -2.07. The van der Waals surface area contributed by atoms with Gasteiger partial charge in [-0.1, -0.05) is 12.1 Å². The lowest BCUT2D eigenvalue weighted by Crippen LogP contribution is -2.56. The molecule has 0 aromatic heterocycles. The Labute approximate surface area is 138 Å². The third-order valence-corrected chi connectivity index (χ3v) is 5.08. The Morgan fingerprint density at radius 2 is 2.14 bits per heavy atom. The number of halogens is 2. The fraction of sp³-hybridized carbons (Fsp3) is 0.562. The van der Waals surface area contributed by atoms with Gasteiger partial charge >= 0.3 is 6.09 Å². The van der Waals surface area contributed by atoms with Crippen molar-refractivity contribution >= 4 is 27.7 Å². The van der Waals surface area contributed by atoms with Gasteiger partial charge in [-0.2, -0.15) is 0 Å². The molecule has 0 unspecified atom stereocenters. The normalized spacial score (nSPS) is 29.8. The van der Waals surface area contributed by atoms with Gasteiger partial charge in [0.15, 0.2) is 11.3 Å². The fourth-order valence-corrected chi connectivity index (χ4v) is 3.79. The summed E-state index contributed by atoms with van der Waals surface area (Å²) in [4.78, 5) is 13.9. The number of fused-ring (bicyclic) bond motifs is 3. The van der Waals surface area contributed by atoms with Crippen LogP contribution in [0, 0.1) is 0 Å². The van der Waals surface area contributed by atoms with Crippen LogP contribution in [0.5, 0.6) is 0 Å². The van der Waals surface area contributed by atoms with Gasteiger partial charge < -0.3 is 10.1 Å². The predicted octanol–water partition coefficient (Wildman–Crippen LogP) is 4.40. The van der Waals surface area contributed by atoms with Crippen LogP contribution in [-0.2, 0) is 10.4 Å². The number of ether oxygens (including phenoxy) is 1. The average Bonchev–Trinajstić information content (AvgIpc) is 2.75. The van der Waals surface area contributed by atoms with E-state index in [1.165, 1.54) is 4.90 Å². The van der Waals surface area contributed by atoms with Crippen LogP contribution in [-0.4, -0.2) is 28.8 Å². The van der Waals surface area contributed by atoms with Gasteiger partial charge in [0, 0.05) is 23.0 Å². The molecule has 0 saturated carbocycles. The smallest absolute Gasteiger partial charge is 0.412 e. The number of nitrogens with one attached hydrogen (secondary N) is 1. The molecule has 1 fully saturated rings. The zero-order valence-electron chi connectivity index (χ0n) is 13.2. The summed E-state index contributed by atoms with van der Waals surface area (Å²) in [5, 5.41) is 3.20. The molecule has 2 heterocycles. The molecule has 120 valence electrons. The van der Waals surface area contributed by atoms with E-state index in [0.29, 0.717) is 17.8 Å². The highest BCUT2D eigenvalue weighted by Gasteiger charge is 2.65. The molecule has 3 rings (SSSR count). The second kappa shape index (κ2) is 4.60. The third kappa shape index (κ3) is 2.03. The molecule has 4 nitrogen and oxygen atoms in total. The number of likely N-dealkylation sites (tertiary alicyclic amines) is 1. The highest BCUT2D eigenvalue weighted by atomic mass is 79.9. The lowest BCUT2D eigenvalue weighted by atomic mass is 9.88. The van der Waals surface area contributed by atoms with E-state index in [0.717, 1.165) is 4.47 Å². The molecular weight excluding hydrogens is 351 g/mol. The number of amides is 1.